The first kappa shape index (κ1) is 18.5. The maximum Gasteiger partial charge on any atom is 0.235 e. The summed E-state index contributed by atoms with van der Waals surface area (Å²) in [5, 5.41) is 2.93. The predicted molar refractivity (Wildman–Crippen MR) is 101 cm³/mol. The monoisotopic (exact) mass is 373 g/mol. The molecule has 0 aromatic heterocycles. The van der Waals surface area contributed by atoms with Gasteiger partial charge in [-0.05, 0) is 48.7 Å². The van der Waals surface area contributed by atoms with E-state index >= 15 is 0 Å². The van der Waals surface area contributed by atoms with E-state index in [1.54, 1.807) is 19.2 Å². The van der Waals surface area contributed by atoms with Crippen LogP contribution in [0.15, 0.2) is 53.4 Å². The molecule has 0 saturated heterocycles. The van der Waals surface area contributed by atoms with Crippen molar-refractivity contribution in [3.63, 3.8) is 0 Å². The van der Waals surface area contributed by atoms with Crippen LogP contribution in [0.2, 0.25) is 0 Å². The molecule has 26 heavy (non-hydrogen) atoms. The van der Waals surface area contributed by atoms with E-state index < -0.39 is 15.3 Å². The van der Waals surface area contributed by atoms with Crippen LogP contribution in [0, 0.1) is 0 Å². The number of benzene rings is 2. The maximum atomic E-state index is 13.2. The molecule has 1 aliphatic carbocycles. The zero-order chi connectivity index (χ0) is 18.8. The Morgan fingerprint density at radius 3 is 2.31 bits per heavy atom. The third-order valence-corrected chi connectivity index (χ3v) is 6.16. The van der Waals surface area contributed by atoms with Gasteiger partial charge in [0.2, 0.25) is 5.91 Å². The summed E-state index contributed by atoms with van der Waals surface area (Å²) in [6, 6.07) is 14.0. The summed E-state index contributed by atoms with van der Waals surface area (Å²) in [7, 11) is -1.71. The zero-order valence-corrected chi connectivity index (χ0v) is 15.8. The predicted octanol–water partition coefficient (Wildman–Crippen LogP) is 3.55. The summed E-state index contributed by atoms with van der Waals surface area (Å²) in [6.45, 7) is 0. The third kappa shape index (κ3) is 3.60. The van der Waals surface area contributed by atoms with Crippen molar-refractivity contribution in [1.29, 1.82) is 0 Å². The van der Waals surface area contributed by atoms with E-state index in [9.17, 15) is 13.2 Å². The fourth-order valence-electron chi connectivity index (χ4n) is 3.59. The molecule has 5 nitrogen and oxygen atoms in total. The van der Waals surface area contributed by atoms with Crippen LogP contribution in [0.3, 0.4) is 0 Å². The lowest BCUT2D eigenvalue weighted by Gasteiger charge is -2.28. The number of ether oxygens (including phenoxy) is 1. The van der Waals surface area contributed by atoms with Gasteiger partial charge in [-0.2, -0.15) is 0 Å². The quantitative estimate of drug-likeness (QED) is 0.870. The molecule has 0 aliphatic heterocycles. The normalized spacial score (nSPS) is 16.2. The standard InChI is InChI=1S/C20H23NO4S/c1-25-17-10-8-15(9-11-17)20(12-3-4-13-20)19(22)21-16-6-5-7-18(14-16)26(2,23)24/h5-11,14H,3-4,12-13H2,1-2H3,(H,21,22). The lowest BCUT2D eigenvalue weighted by molar-refractivity contribution is -0.121. The van der Waals surface area contributed by atoms with Gasteiger partial charge in [-0.15, -0.1) is 0 Å². The summed E-state index contributed by atoms with van der Waals surface area (Å²) in [6.07, 6.45) is 4.68. The van der Waals surface area contributed by atoms with Crippen molar-refractivity contribution in [2.24, 2.45) is 0 Å². The van der Waals surface area contributed by atoms with Crippen LogP contribution in [0.25, 0.3) is 0 Å². The number of carbonyl (C=O) groups excluding carboxylic acids is 1. The first-order valence-corrected chi connectivity index (χ1v) is 10.5. The van der Waals surface area contributed by atoms with Crippen molar-refractivity contribution in [3.05, 3.63) is 54.1 Å². The number of hydrogen-bond acceptors (Lipinski definition) is 4. The van der Waals surface area contributed by atoms with E-state index in [1.807, 2.05) is 24.3 Å². The molecule has 0 heterocycles. The summed E-state index contributed by atoms with van der Waals surface area (Å²) >= 11 is 0. The van der Waals surface area contributed by atoms with Gasteiger partial charge in [0.25, 0.3) is 0 Å². The first-order chi connectivity index (χ1) is 12.3. The second kappa shape index (κ2) is 7.11. The van der Waals surface area contributed by atoms with Crippen LogP contribution < -0.4 is 10.1 Å². The Morgan fingerprint density at radius 2 is 1.73 bits per heavy atom. The molecule has 138 valence electrons. The van der Waals surface area contributed by atoms with E-state index in [0.29, 0.717) is 5.69 Å². The Labute approximate surface area is 154 Å². The van der Waals surface area contributed by atoms with Gasteiger partial charge >= 0.3 is 0 Å². The van der Waals surface area contributed by atoms with Crippen LogP contribution >= 0.6 is 0 Å². The van der Waals surface area contributed by atoms with Gasteiger partial charge < -0.3 is 10.1 Å². The highest BCUT2D eigenvalue weighted by atomic mass is 32.2. The molecular formula is C20H23NO4S. The highest BCUT2D eigenvalue weighted by Crippen LogP contribution is 2.42. The molecule has 2 aromatic rings. The molecule has 6 heteroatoms. The molecule has 0 unspecified atom stereocenters. The van der Waals surface area contributed by atoms with Gasteiger partial charge in [0.1, 0.15) is 5.75 Å². The SMILES string of the molecule is COc1ccc(C2(C(=O)Nc3cccc(S(C)(=O)=O)c3)CCCC2)cc1. The second-order valence-corrected chi connectivity index (χ2v) is 8.79. The molecule has 3 rings (SSSR count). The first-order valence-electron chi connectivity index (χ1n) is 8.61. The van der Waals surface area contributed by atoms with E-state index in [0.717, 1.165) is 43.3 Å². The second-order valence-electron chi connectivity index (χ2n) is 6.77. The number of anilines is 1. The molecule has 1 amide bonds. The Hall–Kier alpha value is -2.34. The summed E-state index contributed by atoms with van der Waals surface area (Å²) in [5.41, 5.74) is 0.873. The molecule has 1 fully saturated rings. The Kier molecular flexibility index (Phi) is 5.05. The van der Waals surface area contributed by atoms with Crippen LogP contribution in [0.4, 0.5) is 5.69 Å². The van der Waals surface area contributed by atoms with Crippen molar-refractivity contribution < 1.29 is 17.9 Å². The van der Waals surface area contributed by atoms with E-state index in [4.69, 9.17) is 4.74 Å². The van der Waals surface area contributed by atoms with Crippen molar-refractivity contribution in [2.75, 3.05) is 18.7 Å². The molecule has 1 aliphatic rings. The van der Waals surface area contributed by atoms with E-state index in [1.165, 1.54) is 12.1 Å². The molecule has 2 aromatic carbocycles. The van der Waals surface area contributed by atoms with Crippen LogP contribution in [0.1, 0.15) is 31.2 Å². The van der Waals surface area contributed by atoms with Crippen molar-refractivity contribution in [2.45, 2.75) is 36.0 Å². The van der Waals surface area contributed by atoms with E-state index in [2.05, 4.69) is 5.32 Å². The van der Waals surface area contributed by atoms with Crippen molar-refractivity contribution >= 4 is 21.4 Å². The largest absolute Gasteiger partial charge is 0.497 e. The number of nitrogens with one attached hydrogen (secondary N) is 1. The fraction of sp³-hybridized carbons (Fsp3) is 0.350. The molecule has 1 saturated carbocycles. The Bertz CT molecular complexity index is 898. The number of methoxy groups -OCH3 is 1. The van der Waals surface area contributed by atoms with Gasteiger partial charge in [-0.1, -0.05) is 31.0 Å². The minimum absolute atomic E-state index is 0.0918. The van der Waals surface area contributed by atoms with Crippen molar-refractivity contribution in [1.82, 2.24) is 0 Å². The average Bonchev–Trinajstić information content (AvgIpc) is 3.12. The molecule has 1 N–H and O–H groups in total. The summed E-state index contributed by atoms with van der Waals surface area (Å²) < 4.78 is 28.7. The average molecular weight is 373 g/mol. The minimum Gasteiger partial charge on any atom is -0.497 e. The highest BCUT2D eigenvalue weighted by molar-refractivity contribution is 7.90. The summed E-state index contributed by atoms with van der Waals surface area (Å²) in [5.74, 6) is 0.661. The Morgan fingerprint density at radius 1 is 1.08 bits per heavy atom. The number of carbonyl (C=O) groups is 1. The smallest absolute Gasteiger partial charge is 0.235 e. The Balaban J connectivity index is 1.90. The van der Waals surface area contributed by atoms with Crippen LogP contribution in [0.5, 0.6) is 5.75 Å². The summed E-state index contributed by atoms with van der Waals surface area (Å²) in [4.78, 5) is 13.4. The lowest BCUT2D eigenvalue weighted by atomic mass is 9.78. The lowest BCUT2D eigenvalue weighted by Crippen LogP contribution is -2.38. The van der Waals surface area contributed by atoms with Gasteiger partial charge in [-0.25, -0.2) is 8.42 Å². The number of rotatable bonds is 5. The van der Waals surface area contributed by atoms with Crippen molar-refractivity contribution in [3.8, 4) is 5.75 Å². The molecule has 0 radical (unpaired) electrons. The van der Waals surface area contributed by atoms with Crippen LogP contribution in [-0.4, -0.2) is 27.7 Å². The molecule has 0 atom stereocenters. The number of sulfone groups is 1. The molecule has 0 spiro atoms. The third-order valence-electron chi connectivity index (χ3n) is 5.05. The van der Waals surface area contributed by atoms with E-state index in [-0.39, 0.29) is 10.8 Å². The van der Waals surface area contributed by atoms with Gasteiger partial charge in [-0.3, -0.25) is 4.79 Å². The topological polar surface area (TPSA) is 72.5 Å². The van der Waals surface area contributed by atoms with Gasteiger partial charge in [0.05, 0.1) is 17.4 Å². The molecule has 0 bridgehead atoms. The number of hydrogen-bond donors (Lipinski definition) is 1. The minimum atomic E-state index is -3.32. The number of amides is 1. The van der Waals surface area contributed by atoms with Gasteiger partial charge in [0.15, 0.2) is 9.84 Å². The fourth-order valence-corrected chi connectivity index (χ4v) is 4.26. The maximum absolute atomic E-state index is 13.2. The van der Waals surface area contributed by atoms with Crippen LogP contribution in [-0.2, 0) is 20.0 Å². The zero-order valence-electron chi connectivity index (χ0n) is 15.0. The van der Waals surface area contributed by atoms with Gasteiger partial charge in [0, 0.05) is 11.9 Å². The highest BCUT2D eigenvalue weighted by Gasteiger charge is 2.42. The molecular weight excluding hydrogens is 350 g/mol.